The van der Waals surface area contributed by atoms with Gasteiger partial charge in [-0.1, -0.05) is 17.7 Å². The minimum atomic E-state index is -1.18. The molecule has 23 heavy (non-hydrogen) atoms. The van der Waals surface area contributed by atoms with Gasteiger partial charge in [0.2, 0.25) is 0 Å². The minimum Gasteiger partial charge on any atom is -0.480 e. The fourth-order valence-corrected chi connectivity index (χ4v) is 2.74. The van der Waals surface area contributed by atoms with E-state index in [1.54, 1.807) is 11.5 Å². The highest BCUT2D eigenvalue weighted by Gasteiger charge is 2.37. The molecule has 0 saturated carbocycles. The second-order valence-electron chi connectivity index (χ2n) is 5.16. The SMILES string of the molecule is Cc1nnc2n1CC(C(=O)O)N(C(=O)c1cccc(Cl)c1F)C2. The maximum atomic E-state index is 14.1. The van der Waals surface area contributed by atoms with E-state index in [2.05, 4.69) is 10.2 Å². The van der Waals surface area contributed by atoms with Gasteiger partial charge in [-0.15, -0.1) is 10.2 Å². The molecule has 1 N–H and O–H groups in total. The fraction of sp³-hybridized carbons (Fsp3) is 0.286. The molecule has 9 heteroatoms. The molecule has 0 radical (unpaired) electrons. The lowest BCUT2D eigenvalue weighted by Gasteiger charge is -2.33. The number of carboxylic acids is 1. The number of carbonyl (C=O) groups excluding carboxylic acids is 1. The number of aromatic nitrogens is 3. The number of carbonyl (C=O) groups is 2. The molecule has 1 aliphatic heterocycles. The van der Waals surface area contributed by atoms with Crippen LogP contribution in [-0.2, 0) is 17.9 Å². The van der Waals surface area contributed by atoms with Crippen LogP contribution in [0.25, 0.3) is 0 Å². The maximum absolute atomic E-state index is 14.1. The lowest BCUT2D eigenvalue weighted by molar-refractivity contribution is -0.143. The first-order valence-corrected chi connectivity index (χ1v) is 7.14. The molecule has 0 spiro atoms. The number of aryl methyl sites for hydroxylation is 1. The number of amides is 1. The van der Waals surface area contributed by atoms with Crippen molar-refractivity contribution in [1.29, 1.82) is 0 Å². The van der Waals surface area contributed by atoms with Gasteiger partial charge in [-0.05, 0) is 19.1 Å². The van der Waals surface area contributed by atoms with Gasteiger partial charge in [-0.25, -0.2) is 9.18 Å². The van der Waals surface area contributed by atoms with Crippen LogP contribution in [0.2, 0.25) is 5.02 Å². The van der Waals surface area contributed by atoms with Gasteiger partial charge in [0.25, 0.3) is 5.91 Å². The molecular formula is C14H12ClFN4O3. The normalized spacial score (nSPS) is 17.0. The van der Waals surface area contributed by atoms with E-state index in [4.69, 9.17) is 11.6 Å². The molecule has 0 bridgehead atoms. The second kappa shape index (κ2) is 5.62. The molecular weight excluding hydrogens is 327 g/mol. The van der Waals surface area contributed by atoms with Crippen LogP contribution in [0, 0.1) is 12.7 Å². The Morgan fingerprint density at radius 2 is 2.13 bits per heavy atom. The quantitative estimate of drug-likeness (QED) is 0.896. The molecule has 0 aliphatic carbocycles. The Morgan fingerprint density at radius 1 is 1.39 bits per heavy atom. The predicted molar refractivity (Wildman–Crippen MR) is 77.5 cm³/mol. The van der Waals surface area contributed by atoms with Crippen molar-refractivity contribution in [2.45, 2.75) is 26.1 Å². The van der Waals surface area contributed by atoms with Crippen molar-refractivity contribution in [1.82, 2.24) is 19.7 Å². The van der Waals surface area contributed by atoms with Gasteiger partial charge in [0.05, 0.1) is 23.7 Å². The van der Waals surface area contributed by atoms with E-state index in [1.165, 1.54) is 18.2 Å². The molecule has 2 aromatic rings. The molecule has 1 aromatic carbocycles. The first-order valence-electron chi connectivity index (χ1n) is 6.76. The zero-order valence-corrected chi connectivity index (χ0v) is 12.8. The lowest BCUT2D eigenvalue weighted by atomic mass is 10.1. The van der Waals surface area contributed by atoms with Gasteiger partial charge < -0.3 is 14.6 Å². The summed E-state index contributed by atoms with van der Waals surface area (Å²) in [5.41, 5.74) is -0.270. The Kier molecular flexibility index (Phi) is 3.77. The molecule has 1 atom stereocenters. The third kappa shape index (κ3) is 2.55. The Hall–Kier alpha value is -2.48. The summed E-state index contributed by atoms with van der Waals surface area (Å²) in [5, 5.41) is 17.0. The first kappa shape index (κ1) is 15.4. The van der Waals surface area contributed by atoms with Gasteiger partial charge in [0, 0.05) is 0 Å². The Bertz CT molecular complexity index is 807. The van der Waals surface area contributed by atoms with Crippen LogP contribution in [-0.4, -0.2) is 42.7 Å². The van der Waals surface area contributed by atoms with Crippen molar-refractivity contribution in [3.05, 3.63) is 46.3 Å². The first-order chi connectivity index (χ1) is 10.9. The van der Waals surface area contributed by atoms with E-state index in [-0.39, 0.29) is 23.7 Å². The van der Waals surface area contributed by atoms with Crippen LogP contribution < -0.4 is 0 Å². The topological polar surface area (TPSA) is 88.3 Å². The Morgan fingerprint density at radius 3 is 2.83 bits per heavy atom. The molecule has 0 fully saturated rings. The van der Waals surface area contributed by atoms with Gasteiger partial charge in [0.15, 0.2) is 11.6 Å². The smallest absolute Gasteiger partial charge is 0.328 e. The van der Waals surface area contributed by atoms with E-state index in [9.17, 15) is 19.1 Å². The van der Waals surface area contributed by atoms with E-state index < -0.39 is 23.7 Å². The van der Waals surface area contributed by atoms with Crippen LogP contribution in [0.3, 0.4) is 0 Å². The van der Waals surface area contributed by atoms with E-state index in [0.29, 0.717) is 11.6 Å². The monoisotopic (exact) mass is 338 g/mol. The summed E-state index contributed by atoms with van der Waals surface area (Å²) in [5.74, 6) is -1.78. The second-order valence-corrected chi connectivity index (χ2v) is 5.57. The summed E-state index contributed by atoms with van der Waals surface area (Å²) >= 11 is 5.69. The van der Waals surface area contributed by atoms with Crippen LogP contribution in [0.5, 0.6) is 0 Å². The zero-order valence-electron chi connectivity index (χ0n) is 12.0. The third-order valence-corrected chi connectivity index (χ3v) is 4.08. The average Bonchev–Trinajstić information content (AvgIpc) is 2.89. The van der Waals surface area contributed by atoms with Crippen molar-refractivity contribution >= 4 is 23.5 Å². The van der Waals surface area contributed by atoms with Crippen molar-refractivity contribution in [2.24, 2.45) is 0 Å². The summed E-state index contributed by atoms with van der Waals surface area (Å²) < 4.78 is 15.7. The molecule has 120 valence electrons. The van der Waals surface area contributed by atoms with Gasteiger partial charge >= 0.3 is 5.97 Å². The summed E-state index contributed by atoms with van der Waals surface area (Å²) in [6.07, 6.45) is 0. The zero-order chi connectivity index (χ0) is 16.7. The highest BCUT2D eigenvalue weighted by atomic mass is 35.5. The molecule has 0 saturated heterocycles. The molecule has 3 rings (SSSR count). The number of hydrogen-bond donors (Lipinski definition) is 1. The molecule has 1 aromatic heterocycles. The van der Waals surface area contributed by atoms with E-state index >= 15 is 0 Å². The van der Waals surface area contributed by atoms with Gasteiger partial charge in [0.1, 0.15) is 11.9 Å². The summed E-state index contributed by atoms with van der Waals surface area (Å²) in [6.45, 7) is 1.64. The Labute approximate surface area is 135 Å². The number of rotatable bonds is 2. The van der Waals surface area contributed by atoms with E-state index in [1.807, 2.05) is 0 Å². The van der Waals surface area contributed by atoms with E-state index in [0.717, 1.165) is 4.90 Å². The molecule has 1 amide bonds. The highest BCUT2D eigenvalue weighted by molar-refractivity contribution is 6.31. The lowest BCUT2D eigenvalue weighted by Crippen LogP contribution is -2.51. The van der Waals surface area contributed by atoms with Crippen LogP contribution in [0.4, 0.5) is 4.39 Å². The summed E-state index contributed by atoms with van der Waals surface area (Å²) in [7, 11) is 0. The number of benzene rings is 1. The largest absolute Gasteiger partial charge is 0.480 e. The van der Waals surface area contributed by atoms with Gasteiger partial charge in [-0.2, -0.15) is 0 Å². The third-order valence-electron chi connectivity index (χ3n) is 3.78. The number of nitrogens with zero attached hydrogens (tertiary/aromatic N) is 4. The number of hydrogen-bond acceptors (Lipinski definition) is 4. The van der Waals surface area contributed by atoms with Crippen molar-refractivity contribution in [3.63, 3.8) is 0 Å². The molecule has 1 aliphatic rings. The highest BCUT2D eigenvalue weighted by Crippen LogP contribution is 2.24. The number of fused-ring (bicyclic) bond motifs is 1. The average molecular weight is 339 g/mol. The number of carboxylic acid groups (broad SMARTS) is 1. The Balaban J connectivity index is 2.01. The maximum Gasteiger partial charge on any atom is 0.328 e. The summed E-state index contributed by atoms with van der Waals surface area (Å²) in [4.78, 5) is 25.2. The minimum absolute atomic E-state index is 0.0113. The fourth-order valence-electron chi connectivity index (χ4n) is 2.56. The van der Waals surface area contributed by atoms with Crippen LogP contribution in [0.1, 0.15) is 22.0 Å². The van der Waals surface area contributed by atoms with Crippen LogP contribution >= 0.6 is 11.6 Å². The van der Waals surface area contributed by atoms with Crippen molar-refractivity contribution < 1.29 is 19.1 Å². The standard InChI is InChI=1S/C14H12ClFN4O3/c1-7-17-18-11-6-20(10(14(22)23)5-19(7)11)13(21)8-3-2-4-9(15)12(8)16/h2-4,10H,5-6H2,1H3,(H,22,23). The molecule has 2 heterocycles. The van der Waals surface area contributed by atoms with Crippen molar-refractivity contribution in [3.8, 4) is 0 Å². The number of aliphatic carboxylic acids is 1. The molecule has 7 nitrogen and oxygen atoms in total. The molecule has 1 unspecified atom stereocenters. The van der Waals surface area contributed by atoms with Crippen molar-refractivity contribution in [2.75, 3.05) is 0 Å². The summed E-state index contributed by atoms with van der Waals surface area (Å²) in [6, 6.07) is 2.89. The van der Waals surface area contributed by atoms with Gasteiger partial charge in [-0.3, -0.25) is 4.79 Å². The van der Waals surface area contributed by atoms with Crippen LogP contribution in [0.15, 0.2) is 18.2 Å². The number of halogens is 2. The predicted octanol–water partition coefficient (Wildman–Crippen LogP) is 1.49.